The number of rotatable bonds is 14. The number of ether oxygens (including phenoxy) is 1. The zero-order valence-electron chi connectivity index (χ0n) is 20.3. The zero-order valence-corrected chi connectivity index (χ0v) is 20.3. The smallest absolute Gasteiger partial charge is 0.268 e. The van der Waals surface area contributed by atoms with Crippen LogP contribution < -0.4 is 5.32 Å². The van der Waals surface area contributed by atoms with Crippen molar-refractivity contribution in [2.45, 2.75) is 72.3 Å². The molecule has 0 aromatic heterocycles. The Balaban J connectivity index is 0.00000436. The SMILES string of the molecule is C/C=C\c1cccc(C(=O)NC(CCCCOCCCCC)C(=O)N(C)OC)c1.CC. The van der Waals surface area contributed by atoms with Gasteiger partial charge in [0.1, 0.15) is 6.04 Å². The molecule has 1 unspecified atom stereocenters. The highest BCUT2D eigenvalue weighted by atomic mass is 16.7. The number of amides is 2. The maximum Gasteiger partial charge on any atom is 0.268 e. The van der Waals surface area contributed by atoms with Crippen LogP contribution in [0.15, 0.2) is 30.3 Å². The van der Waals surface area contributed by atoms with Crippen molar-refractivity contribution in [3.05, 3.63) is 41.5 Å². The summed E-state index contributed by atoms with van der Waals surface area (Å²) in [5, 5.41) is 4.02. The third-order valence-electron chi connectivity index (χ3n) is 4.62. The van der Waals surface area contributed by atoms with Gasteiger partial charge < -0.3 is 10.1 Å². The van der Waals surface area contributed by atoms with E-state index in [2.05, 4.69) is 12.2 Å². The Hall–Kier alpha value is -2.18. The quantitative estimate of drug-likeness (QED) is 0.321. The predicted molar refractivity (Wildman–Crippen MR) is 128 cm³/mol. The van der Waals surface area contributed by atoms with Gasteiger partial charge in [-0.3, -0.25) is 14.4 Å². The number of hydrogen-bond acceptors (Lipinski definition) is 4. The molecule has 1 atom stereocenters. The summed E-state index contributed by atoms with van der Waals surface area (Å²) in [6.45, 7) is 9.54. The van der Waals surface area contributed by atoms with Crippen LogP contribution >= 0.6 is 0 Å². The second-order valence-electron chi connectivity index (χ2n) is 6.99. The molecule has 0 radical (unpaired) electrons. The molecule has 6 nitrogen and oxygen atoms in total. The second kappa shape index (κ2) is 18.6. The number of carbonyl (C=O) groups is 2. The highest BCUT2D eigenvalue weighted by Gasteiger charge is 2.24. The third-order valence-corrected chi connectivity index (χ3v) is 4.62. The Morgan fingerprint density at radius 3 is 2.42 bits per heavy atom. The van der Waals surface area contributed by atoms with Gasteiger partial charge >= 0.3 is 0 Å². The first-order chi connectivity index (χ1) is 15.0. The van der Waals surface area contributed by atoms with E-state index in [9.17, 15) is 9.59 Å². The van der Waals surface area contributed by atoms with Crippen LogP contribution in [0.2, 0.25) is 0 Å². The van der Waals surface area contributed by atoms with E-state index in [1.54, 1.807) is 19.2 Å². The highest BCUT2D eigenvalue weighted by Crippen LogP contribution is 2.10. The zero-order chi connectivity index (χ0) is 23.5. The molecule has 6 heteroatoms. The number of likely N-dealkylation sites (N-methyl/N-ethyl adjacent to an activating group) is 1. The minimum absolute atomic E-state index is 0.268. The molecule has 0 saturated carbocycles. The maximum atomic E-state index is 12.7. The first kappa shape index (κ1) is 28.8. The number of carbonyl (C=O) groups excluding carboxylic acids is 2. The van der Waals surface area contributed by atoms with Gasteiger partial charge in [0, 0.05) is 25.8 Å². The highest BCUT2D eigenvalue weighted by molar-refractivity contribution is 5.97. The van der Waals surface area contributed by atoms with Gasteiger partial charge in [-0.15, -0.1) is 0 Å². The number of hydroxylamine groups is 2. The van der Waals surface area contributed by atoms with Crippen molar-refractivity contribution in [1.82, 2.24) is 10.4 Å². The molecule has 1 aromatic rings. The molecule has 1 rings (SSSR count). The molecule has 0 heterocycles. The Bertz CT molecular complexity index is 646. The van der Waals surface area contributed by atoms with E-state index in [0.717, 1.165) is 36.5 Å². The summed E-state index contributed by atoms with van der Waals surface area (Å²) in [6, 6.07) is 6.67. The van der Waals surface area contributed by atoms with Gasteiger partial charge in [0.15, 0.2) is 0 Å². The van der Waals surface area contributed by atoms with E-state index in [1.807, 2.05) is 45.1 Å². The number of allylic oxidation sites excluding steroid dienone is 1. The van der Waals surface area contributed by atoms with Crippen LogP contribution in [0.4, 0.5) is 0 Å². The van der Waals surface area contributed by atoms with Crippen molar-refractivity contribution in [2.75, 3.05) is 27.4 Å². The van der Waals surface area contributed by atoms with Crippen molar-refractivity contribution in [3.63, 3.8) is 0 Å². The van der Waals surface area contributed by atoms with E-state index in [0.29, 0.717) is 18.6 Å². The van der Waals surface area contributed by atoms with Gasteiger partial charge in [-0.25, -0.2) is 5.06 Å². The molecular formula is C25H42N2O4. The van der Waals surface area contributed by atoms with Gasteiger partial charge in [0.25, 0.3) is 11.8 Å². The van der Waals surface area contributed by atoms with E-state index in [4.69, 9.17) is 9.57 Å². The molecule has 0 aliphatic heterocycles. The van der Waals surface area contributed by atoms with Crippen LogP contribution in [-0.4, -0.2) is 50.3 Å². The minimum atomic E-state index is -0.641. The molecule has 0 aliphatic rings. The minimum Gasteiger partial charge on any atom is -0.381 e. The average Bonchev–Trinajstić information content (AvgIpc) is 2.80. The van der Waals surface area contributed by atoms with Crippen molar-refractivity contribution in [3.8, 4) is 0 Å². The maximum absolute atomic E-state index is 12.7. The topological polar surface area (TPSA) is 67.9 Å². The van der Waals surface area contributed by atoms with Crippen molar-refractivity contribution < 1.29 is 19.2 Å². The molecule has 176 valence electrons. The predicted octanol–water partition coefficient (Wildman–Crippen LogP) is 5.24. The van der Waals surface area contributed by atoms with Gasteiger partial charge in [0.05, 0.1) is 7.11 Å². The third kappa shape index (κ3) is 12.3. The summed E-state index contributed by atoms with van der Waals surface area (Å²) < 4.78 is 5.62. The lowest BCUT2D eigenvalue weighted by Gasteiger charge is -2.23. The molecule has 0 saturated heterocycles. The summed E-state index contributed by atoms with van der Waals surface area (Å²) >= 11 is 0. The Morgan fingerprint density at radius 2 is 1.81 bits per heavy atom. The van der Waals surface area contributed by atoms with Crippen LogP contribution in [-0.2, 0) is 14.4 Å². The van der Waals surface area contributed by atoms with Gasteiger partial charge in [-0.1, -0.05) is 57.9 Å². The fraction of sp³-hybridized carbons (Fsp3) is 0.600. The van der Waals surface area contributed by atoms with Crippen LogP contribution in [0.3, 0.4) is 0 Å². The first-order valence-corrected chi connectivity index (χ1v) is 11.5. The van der Waals surface area contributed by atoms with E-state index >= 15 is 0 Å². The summed E-state index contributed by atoms with van der Waals surface area (Å²) in [6.07, 6.45) is 9.45. The largest absolute Gasteiger partial charge is 0.381 e. The molecule has 2 amide bonds. The Labute approximate surface area is 188 Å². The number of nitrogens with one attached hydrogen (secondary N) is 1. The molecule has 0 spiro atoms. The van der Waals surface area contributed by atoms with Gasteiger partial charge in [-0.05, 0) is 50.3 Å². The fourth-order valence-corrected chi connectivity index (χ4v) is 2.89. The fourth-order valence-electron chi connectivity index (χ4n) is 2.89. The van der Waals surface area contributed by atoms with Crippen LogP contribution in [0.25, 0.3) is 6.08 Å². The molecule has 31 heavy (non-hydrogen) atoms. The monoisotopic (exact) mass is 434 g/mol. The first-order valence-electron chi connectivity index (χ1n) is 11.5. The summed E-state index contributed by atoms with van der Waals surface area (Å²) in [5.74, 6) is -0.538. The molecule has 0 fully saturated rings. The lowest BCUT2D eigenvalue weighted by atomic mass is 10.1. The summed E-state index contributed by atoms with van der Waals surface area (Å²) in [4.78, 5) is 30.3. The lowest BCUT2D eigenvalue weighted by molar-refractivity contribution is -0.171. The Morgan fingerprint density at radius 1 is 1.13 bits per heavy atom. The van der Waals surface area contributed by atoms with Gasteiger partial charge in [-0.2, -0.15) is 0 Å². The molecule has 1 N–H and O–H groups in total. The normalized spacial score (nSPS) is 11.5. The van der Waals surface area contributed by atoms with Crippen LogP contribution in [0.5, 0.6) is 0 Å². The number of unbranched alkanes of at least 4 members (excludes halogenated alkanes) is 3. The molecule has 1 aromatic carbocycles. The number of hydrogen-bond donors (Lipinski definition) is 1. The van der Waals surface area contributed by atoms with Crippen molar-refractivity contribution in [2.24, 2.45) is 0 Å². The molecule has 0 bridgehead atoms. The van der Waals surface area contributed by atoms with Crippen LogP contribution in [0, 0.1) is 0 Å². The summed E-state index contributed by atoms with van der Waals surface area (Å²) in [7, 11) is 2.98. The second-order valence-corrected chi connectivity index (χ2v) is 6.99. The van der Waals surface area contributed by atoms with Crippen molar-refractivity contribution in [1.29, 1.82) is 0 Å². The van der Waals surface area contributed by atoms with Crippen LogP contribution in [0.1, 0.15) is 82.1 Å². The molecular weight excluding hydrogens is 392 g/mol. The number of benzene rings is 1. The average molecular weight is 435 g/mol. The van der Waals surface area contributed by atoms with E-state index in [1.165, 1.54) is 20.0 Å². The van der Waals surface area contributed by atoms with Gasteiger partial charge in [0.2, 0.25) is 0 Å². The van der Waals surface area contributed by atoms with Crippen molar-refractivity contribution >= 4 is 17.9 Å². The molecule has 0 aliphatic carbocycles. The Kier molecular flexibility index (Phi) is 17.3. The lowest BCUT2D eigenvalue weighted by Crippen LogP contribution is -2.47. The van der Waals surface area contributed by atoms with E-state index in [-0.39, 0.29) is 11.8 Å². The van der Waals surface area contributed by atoms with E-state index < -0.39 is 6.04 Å². The summed E-state index contributed by atoms with van der Waals surface area (Å²) in [5.41, 5.74) is 1.47. The number of nitrogens with zero attached hydrogens (tertiary/aromatic N) is 1. The standard InChI is InChI=1S/C23H36N2O4.C2H6/c1-5-7-9-16-29-17-10-8-15-21(23(27)25(3)28-4)24-22(26)20-14-11-13-19(18-20)12-6-2;1-2/h6,11-14,18,21H,5,7-10,15-17H2,1-4H3,(H,24,26);1-2H3/b12-6-;.